The van der Waals surface area contributed by atoms with E-state index in [2.05, 4.69) is 53.8 Å². The molecule has 2 aromatic rings. The van der Waals surface area contributed by atoms with Crippen LogP contribution in [0.4, 0.5) is 0 Å². The van der Waals surface area contributed by atoms with Crippen molar-refractivity contribution in [3.63, 3.8) is 0 Å². The predicted octanol–water partition coefficient (Wildman–Crippen LogP) is 4.09. The van der Waals surface area contributed by atoms with E-state index in [1.54, 1.807) is 0 Å². The highest BCUT2D eigenvalue weighted by atomic mass is 16.3. The number of fused-ring (bicyclic) bond motifs is 1. The molecule has 0 bridgehead atoms. The molecule has 3 heterocycles. The molecule has 154 valence electrons. The number of hydrogen-bond donors (Lipinski definition) is 2. The van der Waals surface area contributed by atoms with Gasteiger partial charge in [-0.25, -0.2) is 0 Å². The zero-order valence-corrected chi connectivity index (χ0v) is 17.9. The van der Waals surface area contributed by atoms with Crippen LogP contribution in [0.2, 0.25) is 0 Å². The highest BCUT2D eigenvalue weighted by Gasteiger charge is 2.44. The van der Waals surface area contributed by atoms with Crippen molar-refractivity contribution in [3.05, 3.63) is 35.0 Å². The average molecular weight is 384 g/mol. The minimum absolute atomic E-state index is 0.329. The number of H-pyrrole nitrogens is 1. The third-order valence-electron chi connectivity index (χ3n) is 7.58. The Labute approximate surface area is 169 Å². The molecule has 4 rings (SSSR count). The predicted molar refractivity (Wildman–Crippen MR) is 117 cm³/mol. The van der Waals surface area contributed by atoms with E-state index in [0.717, 1.165) is 19.6 Å². The van der Waals surface area contributed by atoms with Crippen molar-refractivity contribution in [1.29, 1.82) is 0 Å². The van der Waals surface area contributed by atoms with Crippen LogP contribution in [-0.4, -0.2) is 59.2 Å². The molecule has 2 saturated heterocycles. The molecule has 1 atom stereocenters. The Bertz CT molecular complexity index is 804. The van der Waals surface area contributed by atoms with Crippen LogP contribution in [0.5, 0.6) is 0 Å². The van der Waals surface area contributed by atoms with Crippen molar-refractivity contribution in [1.82, 2.24) is 14.8 Å². The molecule has 0 unspecified atom stereocenters. The molecular weight excluding hydrogens is 346 g/mol. The van der Waals surface area contributed by atoms with Crippen molar-refractivity contribution >= 4 is 10.9 Å². The summed E-state index contributed by atoms with van der Waals surface area (Å²) in [5.41, 5.74) is 5.64. The van der Waals surface area contributed by atoms with Crippen molar-refractivity contribution in [3.8, 4) is 0 Å². The molecule has 1 aromatic heterocycles. The van der Waals surface area contributed by atoms with E-state index in [-0.39, 0.29) is 0 Å². The van der Waals surface area contributed by atoms with Crippen molar-refractivity contribution in [2.75, 3.05) is 39.3 Å². The fourth-order valence-electron chi connectivity index (χ4n) is 5.65. The van der Waals surface area contributed by atoms with E-state index >= 15 is 0 Å². The number of aromatic amines is 1. The van der Waals surface area contributed by atoms with Crippen LogP contribution >= 0.6 is 0 Å². The number of aliphatic hydroxyl groups excluding tert-OH is 1. The lowest BCUT2D eigenvalue weighted by Crippen LogP contribution is -2.53. The fourth-order valence-corrected chi connectivity index (χ4v) is 5.65. The summed E-state index contributed by atoms with van der Waals surface area (Å²) in [6, 6.07) is 6.67. The Kier molecular flexibility index (Phi) is 5.82. The number of benzene rings is 1. The number of piperidine rings is 2. The maximum absolute atomic E-state index is 10.2. The lowest BCUT2D eigenvalue weighted by atomic mass is 9.64. The van der Waals surface area contributed by atoms with Gasteiger partial charge in [-0.15, -0.1) is 0 Å². The van der Waals surface area contributed by atoms with Crippen LogP contribution in [0.3, 0.4) is 0 Å². The Hall–Kier alpha value is -1.36. The van der Waals surface area contributed by atoms with Gasteiger partial charge in [0, 0.05) is 42.2 Å². The first-order valence-electron chi connectivity index (χ1n) is 11.2. The fraction of sp³-hybridized carbons (Fsp3) is 0.667. The quantitative estimate of drug-likeness (QED) is 0.817. The molecule has 0 aliphatic carbocycles. The number of aliphatic hydroxyl groups is 1. The highest BCUT2D eigenvalue weighted by Crippen LogP contribution is 2.45. The van der Waals surface area contributed by atoms with Gasteiger partial charge in [-0.3, -0.25) is 4.90 Å². The molecule has 0 radical (unpaired) electrons. The first-order valence-corrected chi connectivity index (χ1v) is 11.2. The van der Waals surface area contributed by atoms with E-state index in [1.165, 1.54) is 73.0 Å². The first kappa shape index (κ1) is 19.9. The number of hydrogen-bond acceptors (Lipinski definition) is 3. The second-order valence-electron chi connectivity index (χ2n) is 9.35. The Morgan fingerprint density at radius 2 is 1.82 bits per heavy atom. The van der Waals surface area contributed by atoms with E-state index < -0.39 is 0 Å². The normalized spacial score (nSPS) is 23.6. The van der Waals surface area contributed by atoms with Gasteiger partial charge >= 0.3 is 0 Å². The zero-order chi connectivity index (χ0) is 19.7. The van der Waals surface area contributed by atoms with Gasteiger partial charge < -0.3 is 15.0 Å². The zero-order valence-electron chi connectivity index (χ0n) is 17.9. The molecule has 4 nitrogen and oxygen atoms in total. The van der Waals surface area contributed by atoms with Crippen LogP contribution in [0.25, 0.3) is 10.9 Å². The Morgan fingerprint density at radius 3 is 2.50 bits per heavy atom. The Morgan fingerprint density at radius 1 is 1.11 bits per heavy atom. The van der Waals surface area contributed by atoms with Crippen LogP contribution < -0.4 is 0 Å². The summed E-state index contributed by atoms with van der Waals surface area (Å²) >= 11 is 0. The summed E-state index contributed by atoms with van der Waals surface area (Å²) in [6.07, 6.45) is 5.00. The van der Waals surface area contributed by atoms with Gasteiger partial charge in [0.1, 0.15) is 0 Å². The summed E-state index contributed by atoms with van der Waals surface area (Å²) in [7, 11) is 0. The molecule has 2 N–H and O–H groups in total. The van der Waals surface area contributed by atoms with E-state index in [4.69, 9.17) is 0 Å². The topological polar surface area (TPSA) is 42.5 Å². The maximum atomic E-state index is 10.2. The molecule has 1 aromatic carbocycles. The van der Waals surface area contributed by atoms with Gasteiger partial charge in [-0.05, 0) is 88.8 Å². The van der Waals surface area contributed by atoms with Crippen molar-refractivity contribution < 1.29 is 5.11 Å². The van der Waals surface area contributed by atoms with Crippen molar-refractivity contribution in [2.45, 2.75) is 53.0 Å². The molecule has 2 aliphatic rings. The number of aromatic nitrogens is 1. The molecule has 28 heavy (non-hydrogen) atoms. The van der Waals surface area contributed by atoms with Gasteiger partial charge in [0.2, 0.25) is 0 Å². The lowest BCUT2D eigenvalue weighted by molar-refractivity contribution is -0.0439. The third kappa shape index (κ3) is 3.74. The number of likely N-dealkylation sites (tertiary alicyclic amines) is 2. The highest BCUT2D eigenvalue weighted by molar-refractivity contribution is 5.85. The molecular formula is C24H37N3O. The van der Waals surface area contributed by atoms with Gasteiger partial charge in [0.25, 0.3) is 0 Å². The average Bonchev–Trinajstić information content (AvgIpc) is 3.00. The van der Waals surface area contributed by atoms with Gasteiger partial charge in [0.15, 0.2) is 0 Å². The maximum Gasteiger partial charge on any atom is 0.0476 e. The number of aryl methyl sites for hydroxylation is 2. The van der Waals surface area contributed by atoms with Crippen LogP contribution in [-0.2, 0) is 6.54 Å². The summed E-state index contributed by atoms with van der Waals surface area (Å²) in [5.74, 6) is 0.414. The summed E-state index contributed by atoms with van der Waals surface area (Å²) in [4.78, 5) is 8.83. The Balaban J connectivity index is 1.44. The number of nitrogens with zero attached hydrogens (tertiary/aromatic N) is 2. The van der Waals surface area contributed by atoms with Gasteiger partial charge in [-0.1, -0.05) is 18.6 Å². The smallest absolute Gasteiger partial charge is 0.0476 e. The molecule has 4 heteroatoms. The van der Waals surface area contributed by atoms with Crippen LogP contribution in [0.1, 0.15) is 49.4 Å². The van der Waals surface area contributed by atoms with Gasteiger partial charge in [-0.2, -0.15) is 0 Å². The summed E-state index contributed by atoms with van der Waals surface area (Å²) in [6.45, 7) is 13.8. The molecule has 1 spiro atoms. The van der Waals surface area contributed by atoms with Gasteiger partial charge in [0.05, 0.1) is 0 Å². The summed E-state index contributed by atoms with van der Waals surface area (Å²) < 4.78 is 0. The van der Waals surface area contributed by atoms with E-state index in [1.807, 2.05) is 0 Å². The third-order valence-corrected chi connectivity index (χ3v) is 7.58. The molecule has 2 fully saturated rings. The largest absolute Gasteiger partial charge is 0.396 e. The first-order chi connectivity index (χ1) is 13.5. The monoisotopic (exact) mass is 383 g/mol. The molecule has 0 amide bonds. The lowest BCUT2D eigenvalue weighted by Gasteiger charge is -2.51. The van der Waals surface area contributed by atoms with Crippen LogP contribution in [0, 0.1) is 25.2 Å². The molecule has 0 saturated carbocycles. The second-order valence-corrected chi connectivity index (χ2v) is 9.35. The SMILES string of the molecule is CCCN1CCC2(CC1)CCN(Cc1[nH]c3ccc(C)cc3c1C)C[C@@H]2CO. The van der Waals surface area contributed by atoms with Crippen LogP contribution in [0.15, 0.2) is 18.2 Å². The minimum Gasteiger partial charge on any atom is -0.396 e. The number of rotatable bonds is 5. The minimum atomic E-state index is 0.329. The van der Waals surface area contributed by atoms with E-state index in [0.29, 0.717) is 17.9 Å². The van der Waals surface area contributed by atoms with Crippen molar-refractivity contribution in [2.24, 2.45) is 11.3 Å². The number of nitrogens with one attached hydrogen (secondary N) is 1. The van der Waals surface area contributed by atoms with E-state index in [9.17, 15) is 5.11 Å². The molecule has 2 aliphatic heterocycles. The standard InChI is InChI=1S/C24H37N3O/c1-4-10-26-11-7-24(8-12-26)9-13-27(15-20(24)17-28)16-23-19(3)21-14-18(2)5-6-22(21)25-23/h5-6,14,20,25,28H,4,7-13,15-17H2,1-3H3/t20-/m1/s1. The second kappa shape index (κ2) is 8.17. The summed E-state index contributed by atoms with van der Waals surface area (Å²) in [5, 5.41) is 11.6.